The SMILES string of the molecule is CC1CCN(CC(O)CN(CC2CCOC2)C2CC2)CC1. The lowest BCUT2D eigenvalue weighted by molar-refractivity contribution is 0.0529. The molecule has 0 aromatic rings. The Bertz CT molecular complexity index is 308. The molecule has 0 spiro atoms. The molecule has 2 heterocycles. The van der Waals surface area contributed by atoms with Gasteiger partial charge in [0, 0.05) is 32.3 Å². The van der Waals surface area contributed by atoms with Crippen LogP contribution in [-0.4, -0.2) is 73.0 Å². The lowest BCUT2D eigenvalue weighted by Crippen LogP contribution is -2.44. The molecule has 21 heavy (non-hydrogen) atoms. The Kier molecular flexibility index (Phi) is 5.54. The first-order valence-corrected chi connectivity index (χ1v) is 8.93. The first-order chi connectivity index (χ1) is 10.2. The highest BCUT2D eigenvalue weighted by molar-refractivity contribution is 4.88. The van der Waals surface area contributed by atoms with E-state index in [0.29, 0.717) is 5.92 Å². The van der Waals surface area contributed by atoms with Crippen LogP contribution in [0.15, 0.2) is 0 Å². The second-order valence-corrected chi connectivity index (χ2v) is 7.55. The minimum Gasteiger partial charge on any atom is -0.390 e. The molecule has 3 aliphatic rings. The Morgan fingerprint density at radius 2 is 1.95 bits per heavy atom. The highest BCUT2D eigenvalue weighted by atomic mass is 16.5. The van der Waals surface area contributed by atoms with Crippen LogP contribution in [0.4, 0.5) is 0 Å². The lowest BCUT2D eigenvalue weighted by atomic mass is 9.99. The Morgan fingerprint density at radius 3 is 2.57 bits per heavy atom. The van der Waals surface area contributed by atoms with Crippen LogP contribution in [0, 0.1) is 11.8 Å². The van der Waals surface area contributed by atoms with Crippen molar-refractivity contribution >= 4 is 0 Å². The van der Waals surface area contributed by atoms with Crippen molar-refractivity contribution in [2.75, 3.05) is 45.9 Å². The summed E-state index contributed by atoms with van der Waals surface area (Å²) in [7, 11) is 0. The van der Waals surface area contributed by atoms with E-state index in [2.05, 4.69) is 16.7 Å². The fourth-order valence-electron chi connectivity index (χ4n) is 3.74. The molecule has 3 rings (SSSR count). The van der Waals surface area contributed by atoms with Gasteiger partial charge in [-0.25, -0.2) is 0 Å². The standard InChI is InChI=1S/C17H32N2O2/c1-14-4-7-18(8-5-14)11-17(20)12-19(16-2-3-16)10-15-6-9-21-13-15/h14-17,20H,2-13H2,1H3. The highest BCUT2D eigenvalue weighted by Gasteiger charge is 2.33. The molecule has 0 radical (unpaired) electrons. The summed E-state index contributed by atoms with van der Waals surface area (Å²) in [6, 6.07) is 0.738. The molecule has 2 aliphatic heterocycles. The summed E-state index contributed by atoms with van der Waals surface area (Å²) in [5, 5.41) is 10.5. The summed E-state index contributed by atoms with van der Waals surface area (Å²) in [5.74, 6) is 1.55. The smallest absolute Gasteiger partial charge is 0.0793 e. The number of rotatable bonds is 7. The summed E-state index contributed by atoms with van der Waals surface area (Å²) in [5.41, 5.74) is 0. The van der Waals surface area contributed by atoms with Gasteiger partial charge in [0.25, 0.3) is 0 Å². The van der Waals surface area contributed by atoms with Crippen molar-refractivity contribution in [3.63, 3.8) is 0 Å². The summed E-state index contributed by atoms with van der Waals surface area (Å²) < 4.78 is 5.50. The third-order valence-electron chi connectivity index (χ3n) is 5.37. The van der Waals surface area contributed by atoms with Gasteiger partial charge in [0.05, 0.1) is 12.7 Å². The summed E-state index contributed by atoms with van der Waals surface area (Å²) >= 11 is 0. The zero-order valence-corrected chi connectivity index (χ0v) is 13.5. The molecule has 0 aromatic heterocycles. The van der Waals surface area contributed by atoms with Gasteiger partial charge in [0.15, 0.2) is 0 Å². The van der Waals surface area contributed by atoms with E-state index in [-0.39, 0.29) is 6.10 Å². The first-order valence-electron chi connectivity index (χ1n) is 8.93. The van der Waals surface area contributed by atoms with Crippen molar-refractivity contribution < 1.29 is 9.84 Å². The molecular weight excluding hydrogens is 264 g/mol. The Morgan fingerprint density at radius 1 is 1.19 bits per heavy atom. The maximum atomic E-state index is 10.5. The Hall–Kier alpha value is -0.160. The average Bonchev–Trinajstić information content (AvgIpc) is 3.19. The van der Waals surface area contributed by atoms with Crippen LogP contribution in [0.1, 0.15) is 39.0 Å². The van der Waals surface area contributed by atoms with E-state index in [9.17, 15) is 5.11 Å². The van der Waals surface area contributed by atoms with Crippen molar-refractivity contribution in [1.82, 2.24) is 9.80 Å². The predicted molar refractivity (Wildman–Crippen MR) is 84.4 cm³/mol. The van der Waals surface area contributed by atoms with Crippen LogP contribution in [0.25, 0.3) is 0 Å². The molecule has 122 valence electrons. The maximum absolute atomic E-state index is 10.5. The third kappa shape index (κ3) is 4.92. The quantitative estimate of drug-likeness (QED) is 0.774. The highest BCUT2D eigenvalue weighted by Crippen LogP contribution is 2.29. The topological polar surface area (TPSA) is 35.9 Å². The van der Waals surface area contributed by atoms with Crippen LogP contribution >= 0.6 is 0 Å². The van der Waals surface area contributed by atoms with Crippen LogP contribution in [0.3, 0.4) is 0 Å². The number of ether oxygens (including phenoxy) is 1. The number of aliphatic hydroxyl groups excluding tert-OH is 1. The van der Waals surface area contributed by atoms with Crippen LogP contribution in [-0.2, 0) is 4.74 Å². The molecule has 3 fully saturated rings. The number of β-amino-alcohol motifs (C(OH)–C–C–N with tert-alkyl or cyclic N) is 1. The third-order valence-corrected chi connectivity index (χ3v) is 5.37. The van der Waals surface area contributed by atoms with Gasteiger partial charge in [-0.15, -0.1) is 0 Å². The van der Waals surface area contributed by atoms with E-state index >= 15 is 0 Å². The number of aliphatic hydroxyl groups is 1. The molecule has 0 amide bonds. The van der Waals surface area contributed by atoms with E-state index in [4.69, 9.17) is 4.74 Å². The molecule has 4 heteroatoms. The molecule has 1 aliphatic carbocycles. The zero-order valence-electron chi connectivity index (χ0n) is 13.5. The molecular formula is C17H32N2O2. The minimum atomic E-state index is -0.193. The van der Waals surface area contributed by atoms with Crippen molar-refractivity contribution in [2.24, 2.45) is 11.8 Å². The lowest BCUT2D eigenvalue weighted by Gasteiger charge is -2.33. The van der Waals surface area contributed by atoms with Gasteiger partial charge in [-0.1, -0.05) is 6.92 Å². The van der Waals surface area contributed by atoms with Crippen LogP contribution in [0.2, 0.25) is 0 Å². The molecule has 0 aromatic carbocycles. The van der Waals surface area contributed by atoms with Crippen molar-refractivity contribution in [3.8, 4) is 0 Å². The second kappa shape index (κ2) is 7.40. The number of hydrogen-bond acceptors (Lipinski definition) is 4. The summed E-state index contributed by atoms with van der Waals surface area (Å²) in [6.07, 6.45) is 6.23. The monoisotopic (exact) mass is 296 g/mol. The van der Waals surface area contributed by atoms with Gasteiger partial charge in [0.2, 0.25) is 0 Å². The number of likely N-dealkylation sites (tertiary alicyclic amines) is 1. The van der Waals surface area contributed by atoms with Crippen LogP contribution in [0.5, 0.6) is 0 Å². The van der Waals surface area contributed by atoms with Gasteiger partial charge in [-0.3, -0.25) is 4.90 Å². The molecule has 1 N–H and O–H groups in total. The predicted octanol–water partition coefficient (Wildman–Crippen LogP) is 1.58. The van der Waals surface area contributed by atoms with Crippen molar-refractivity contribution in [2.45, 2.75) is 51.2 Å². The summed E-state index contributed by atoms with van der Waals surface area (Å²) in [6.45, 7) is 9.35. The van der Waals surface area contributed by atoms with Crippen LogP contribution < -0.4 is 0 Å². The second-order valence-electron chi connectivity index (χ2n) is 7.55. The van der Waals surface area contributed by atoms with E-state index in [0.717, 1.165) is 57.9 Å². The normalized spacial score (nSPS) is 30.1. The molecule has 1 saturated carbocycles. The fraction of sp³-hybridized carbons (Fsp3) is 1.00. The van der Waals surface area contributed by atoms with Gasteiger partial charge in [-0.05, 0) is 57.0 Å². The van der Waals surface area contributed by atoms with Gasteiger partial charge in [-0.2, -0.15) is 0 Å². The minimum absolute atomic E-state index is 0.193. The summed E-state index contributed by atoms with van der Waals surface area (Å²) in [4.78, 5) is 4.99. The van der Waals surface area contributed by atoms with Gasteiger partial charge in [0.1, 0.15) is 0 Å². The number of hydrogen-bond donors (Lipinski definition) is 1. The largest absolute Gasteiger partial charge is 0.390 e. The van der Waals surface area contributed by atoms with Gasteiger partial charge >= 0.3 is 0 Å². The molecule has 2 saturated heterocycles. The van der Waals surface area contributed by atoms with E-state index in [1.807, 2.05) is 0 Å². The fourth-order valence-corrected chi connectivity index (χ4v) is 3.74. The molecule has 4 nitrogen and oxygen atoms in total. The average molecular weight is 296 g/mol. The van der Waals surface area contributed by atoms with E-state index < -0.39 is 0 Å². The molecule has 2 unspecified atom stereocenters. The van der Waals surface area contributed by atoms with Crippen molar-refractivity contribution in [1.29, 1.82) is 0 Å². The molecule has 0 bridgehead atoms. The van der Waals surface area contributed by atoms with Crippen molar-refractivity contribution in [3.05, 3.63) is 0 Å². The van der Waals surface area contributed by atoms with Gasteiger partial charge < -0.3 is 14.7 Å². The first kappa shape index (κ1) is 15.7. The zero-order chi connectivity index (χ0) is 14.7. The van der Waals surface area contributed by atoms with E-state index in [1.54, 1.807) is 0 Å². The molecule has 2 atom stereocenters. The van der Waals surface area contributed by atoms with E-state index in [1.165, 1.54) is 32.1 Å². The Labute approximate surface area is 129 Å². The Balaban J connectivity index is 1.41. The number of piperidine rings is 1. The maximum Gasteiger partial charge on any atom is 0.0793 e. The number of nitrogens with zero attached hydrogens (tertiary/aromatic N) is 2.